The Bertz CT molecular complexity index is 450. The van der Waals surface area contributed by atoms with E-state index < -0.39 is 24.5 Å². The van der Waals surface area contributed by atoms with Gasteiger partial charge in [-0.05, 0) is 19.4 Å². The topological polar surface area (TPSA) is 40.5 Å². The number of rotatable bonds is 4. The Morgan fingerprint density at radius 3 is 2.60 bits per heavy atom. The molecular weight excluding hydrogens is 264 g/mol. The van der Waals surface area contributed by atoms with E-state index in [9.17, 15) is 18.7 Å². The van der Waals surface area contributed by atoms with Crippen LogP contribution in [-0.2, 0) is 10.7 Å². The van der Waals surface area contributed by atoms with Gasteiger partial charge in [-0.15, -0.1) is 0 Å². The van der Waals surface area contributed by atoms with Crippen molar-refractivity contribution < 1.29 is 18.7 Å². The van der Waals surface area contributed by atoms with E-state index in [0.717, 1.165) is 19.3 Å². The summed E-state index contributed by atoms with van der Waals surface area (Å²) in [5, 5.41) is 9.21. The molecule has 1 aliphatic rings. The van der Waals surface area contributed by atoms with Gasteiger partial charge in [0.1, 0.15) is 6.04 Å². The lowest BCUT2D eigenvalue weighted by Crippen LogP contribution is -2.45. The van der Waals surface area contributed by atoms with Crippen molar-refractivity contribution in [2.24, 2.45) is 0 Å². The molecular formula is C15H19F2NO2. The summed E-state index contributed by atoms with van der Waals surface area (Å²) in [5.74, 6) is -4.03. The van der Waals surface area contributed by atoms with Crippen LogP contribution in [0.15, 0.2) is 30.3 Å². The van der Waals surface area contributed by atoms with Crippen LogP contribution in [0.4, 0.5) is 8.78 Å². The van der Waals surface area contributed by atoms with Gasteiger partial charge >= 0.3 is 5.97 Å². The highest BCUT2D eigenvalue weighted by Gasteiger charge is 2.38. The van der Waals surface area contributed by atoms with Gasteiger partial charge in [0.2, 0.25) is 0 Å². The Hall–Kier alpha value is -1.49. The summed E-state index contributed by atoms with van der Waals surface area (Å²) in [6, 6.07) is 6.79. The van der Waals surface area contributed by atoms with E-state index in [-0.39, 0.29) is 5.56 Å². The molecule has 0 aliphatic carbocycles. The van der Waals surface area contributed by atoms with Crippen LogP contribution in [-0.4, -0.2) is 35.1 Å². The Kier molecular flexibility index (Phi) is 4.70. The molecule has 1 heterocycles. The summed E-state index contributed by atoms with van der Waals surface area (Å²) >= 11 is 0. The monoisotopic (exact) mass is 283 g/mol. The van der Waals surface area contributed by atoms with Gasteiger partial charge in [-0.2, -0.15) is 8.78 Å². The highest BCUT2D eigenvalue weighted by molar-refractivity contribution is 5.73. The molecule has 1 unspecified atom stereocenters. The summed E-state index contributed by atoms with van der Waals surface area (Å²) in [7, 11) is 0. The third kappa shape index (κ3) is 3.54. The Morgan fingerprint density at radius 2 is 1.95 bits per heavy atom. The van der Waals surface area contributed by atoms with Crippen LogP contribution in [0.1, 0.15) is 31.2 Å². The molecule has 110 valence electrons. The number of carbonyl (C=O) groups is 1. The van der Waals surface area contributed by atoms with E-state index in [1.54, 1.807) is 18.2 Å². The average Bonchev–Trinajstić information content (AvgIpc) is 2.65. The van der Waals surface area contributed by atoms with Gasteiger partial charge in [0.25, 0.3) is 5.92 Å². The van der Waals surface area contributed by atoms with Gasteiger partial charge in [0, 0.05) is 5.56 Å². The van der Waals surface area contributed by atoms with Crippen LogP contribution in [0.2, 0.25) is 0 Å². The van der Waals surface area contributed by atoms with E-state index >= 15 is 0 Å². The number of likely N-dealkylation sites (tertiary alicyclic amines) is 1. The number of nitrogens with zero attached hydrogens (tertiary/aromatic N) is 1. The van der Waals surface area contributed by atoms with Crippen molar-refractivity contribution in [1.82, 2.24) is 4.90 Å². The molecule has 1 atom stereocenters. The van der Waals surface area contributed by atoms with Gasteiger partial charge < -0.3 is 5.11 Å². The summed E-state index contributed by atoms with van der Waals surface area (Å²) < 4.78 is 28.6. The SMILES string of the molecule is O=C(O)C1CCCCCN1CC(F)(F)c1ccccc1. The highest BCUT2D eigenvalue weighted by Crippen LogP contribution is 2.31. The van der Waals surface area contributed by atoms with Gasteiger partial charge in [-0.25, -0.2) is 0 Å². The van der Waals surface area contributed by atoms with Crippen LogP contribution in [0.5, 0.6) is 0 Å². The molecule has 0 spiro atoms. The molecule has 1 aromatic carbocycles. The molecule has 0 radical (unpaired) electrons. The van der Waals surface area contributed by atoms with Crippen LogP contribution < -0.4 is 0 Å². The van der Waals surface area contributed by atoms with Crippen molar-refractivity contribution in [3.05, 3.63) is 35.9 Å². The van der Waals surface area contributed by atoms with E-state index in [2.05, 4.69) is 0 Å². The molecule has 0 amide bonds. The second kappa shape index (κ2) is 6.31. The molecule has 1 aromatic rings. The number of benzene rings is 1. The molecule has 3 nitrogen and oxygen atoms in total. The first-order chi connectivity index (χ1) is 9.50. The zero-order chi connectivity index (χ0) is 14.6. The van der Waals surface area contributed by atoms with E-state index in [1.165, 1.54) is 17.0 Å². The van der Waals surface area contributed by atoms with Gasteiger partial charge in [0.15, 0.2) is 0 Å². The minimum Gasteiger partial charge on any atom is -0.480 e. The van der Waals surface area contributed by atoms with Gasteiger partial charge in [-0.1, -0.05) is 43.2 Å². The molecule has 5 heteroatoms. The summed E-state index contributed by atoms with van der Waals surface area (Å²) in [6.07, 6.45) is 2.90. The minimum atomic E-state index is -3.03. The summed E-state index contributed by atoms with van der Waals surface area (Å²) in [6.45, 7) is -0.118. The first-order valence-electron chi connectivity index (χ1n) is 6.91. The maximum atomic E-state index is 14.3. The van der Waals surface area contributed by atoms with Crippen molar-refractivity contribution in [3.63, 3.8) is 0 Å². The standard InChI is InChI=1S/C15H19F2NO2/c16-15(17,12-7-3-1-4-8-12)11-18-10-6-2-5-9-13(18)14(19)20/h1,3-4,7-8,13H,2,5-6,9-11H2,(H,19,20). The molecule has 1 saturated heterocycles. The summed E-state index contributed by atoms with van der Waals surface area (Å²) in [4.78, 5) is 12.7. The van der Waals surface area contributed by atoms with Crippen LogP contribution >= 0.6 is 0 Å². The molecule has 1 aliphatic heterocycles. The fourth-order valence-corrected chi connectivity index (χ4v) is 2.67. The van der Waals surface area contributed by atoms with Crippen LogP contribution in [0.3, 0.4) is 0 Å². The first kappa shape index (κ1) is 14.9. The van der Waals surface area contributed by atoms with Gasteiger partial charge in [0.05, 0.1) is 6.54 Å². The molecule has 20 heavy (non-hydrogen) atoms. The first-order valence-corrected chi connectivity index (χ1v) is 6.91. The Labute approximate surface area is 117 Å². The molecule has 0 aromatic heterocycles. The zero-order valence-corrected chi connectivity index (χ0v) is 11.3. The van der Waals surface area contributed by atoms with Gasteiger partial charge in [-0.3, -0.25) is 9.69 Å². The lowest BCUT2D eigenvalue weighted by atomic mass is 10.1. The predicted molar refractivity (Wildman–Crippen MR) is 71.8 cm³/mol. The van der Waals surface area contributed by atoms with Crippen molar-refractivity contribution >= 4 is 5.97 Å². The highest BCUT2D eigenvalue weighted by atomic mass is 19.3. The van der Waals surface area contributed by atoms with Crippen molar-refractivity contribution in [3.8, 4) is 0 Å². The third-order valence-electron chi connectivity index (χ3n) is 3.75. The number of hydrogen-bond donors (Lipinski definition) is 1. The van der Waals surface area contributed by atoms with Crippen molar-refractivity contribution in [1.29, 1.82) is 0 Å². The number of aliphatic carboxylic acids is 1. The lowest BCUT2D eigenvalue weighted by molar-refractivity contribution is -0.145. The molecule has 0 saturated carbocycles. The maximum Gasteiger partial charge on any atom is 0.320 e. The number of alkyl halides is 2. The number of halogens is 2. The maximum absolute atomic E-state index is 14.3. The average molecular weight is 283 g/mol. The van der Waals surface area contributed by atoms with Crippen molar-refractivity contribution in [2.45, 2.75) is 37.6 Å². The van der Waals surface area contributed by atoms with Crippen LogP contribution in [0, 0.1) is 0 Å². The molecule has 2 rings (SSSR count). The van der Waals surface area contributed by atoms with E-state index in [4.69, 9.17) is 0 Å². The van der Waals surface area contributed by atoms with Crippen LogP contribution in [0.25, 0.3) is 0 Å². The number of carboxylic acid groups (broad SMARTS) is 1. The fourth-order valence-electron chi connectivity index (χ4n) is 2.67. The minimum absolute atomic E-state index is 0.0617. The second-order valence-corrected chi connectivity index (χ2v) is 5.24. The molecule has 1 N–H and O–H groups in total. The van der Waals surface area contributed by atoms with E-state index in [1.807, 2.05) is 0 Å². The predicted octanol–water partition coefficient (Wildman–Crippen LogP) is 3.11. The lowest BCUT2D eigenvalue weighted by Gasteiger charge is -2.30. The zero-order valence-electron chi connectivity index (χ0n) is 11.3. The normalized spacial score (nSPS) is 21.4. The smallest absolute Gasteiger partial charge is 0.320 e. The molecule has 1 fully saturated rings. The van der Waals surface area contributed by atoms with Crippen molar-refractivity contribution in [2.75, 3.05) is 13.1 Å². The Balaban J connectivity index is 2.15. The molecule has 0 bridgehead atoms. The number of carboxylic acids is 1. The second-order valence-electron chi connectivity index (χ2n) is 5.24. The fraction of sp³-hybridized carbons (Fsp3) is 0.533. The Morgan fingerprint density at radius 1 is 1.25 bits per heavy atom. The third-order valence-corrected chi connectivity index (χ3v) is 3.75. The summed E-state index contributed by atoms with van der Waals surface area (Å²) in [5.41, 5.74) is -0.0617. The largest absolute Gasteiger partial charge is 0.480 e. The quantitative estimate of drug-likeness (QED) is 0.923. The van der Waals surface area contributed by atoms with E-state index in [0.29, 0.717) is 13.0 Å². The number of hydrogen-bond acceptors (Lipinski definition) is 2.